The van der Waals surface area contributed by atoms with E-state index in [1.165, 1.54) is 16.0 Å². The molecule has 0 spiro atoms. The number of guanidine groups is 1. The lowest BCUT2D eigenvalue weighted by Gasteiger charge is -2.31. The summed E-state index contributed by atoms with van der Waals surface area (Å²) in [5.74, 6) is 0.602. The summed E-state index contributed by atoms with van der Waals surface area (Å²) in [5.41, 5.74) is 8.03. The Bertz CT molecular complexity index is 884. The van der Waals surface area contributed by atoms with E-state index in [0.717, 1.165) is 45.0 Å². The number of aliphatic imine (C=N–C) groups is 1. The van der Waals surface area contributed by atoms with E-state index in [2.05, 4.69) is 76.2 Å². The van der Waals surface area contributed by atoms with Crippen molar-refractivity contribution in [2.24, 2.45) is 16.6 Å². The molecular weight excluding hydrogens is 533 g/mol. The van der Waals surface area contributed by atoms with Gasteiger partial charge in [0.25, 0.3) is 0 Å². The minimum atomic E-state index is -0.177. The highest BCUT2D eigenvalue weighted by atomic mass is 127. The summed E-state index contributed by atoms with van der Waals surface area (Å²) < 4.78 is 0. The van der Waals surface area contributed by atoms with Crippen LogP contribution in [0, 0.1) is 5.92 Å². The zero-order valence-corrected chi connectivity index (χ0v) is 22.4. The first-order chi connectivity index (χ1) is 14.9. The number of benzene rings is 1. The first kappa shape index (κ1) is 26.6. The molecule has 1 aliphatic rings. The molecule has 2 aromatic rings. The van der Waals surface area contributed by atoms with Crippen molar-refractivity contribution in [2.45, 2.75) is 45.2 Å². The average Bonchev–Trinajstić information content (AvgIpc) is 3.30. The third-order valence-corrected chi connectivity index (χ3v) is 7.11. The summed E-state index contributed by atoms with van der Waals surface area (Å²) in [6, 6.07) is 12.9. The highest BCUT2D eigenvalue weighted by Crippen LogP contribution is 2.26. The third-order valence-electron chi connectivity index (χ3n) is 5.88. The number of thiophene rings is 1. The van der Waals surface area contributed by atoms with Gasteiger partial charge in [0, 0.05) is 43.5 Å². The number of likely N-dealkylation sites (tertiary alicyclic amines) is 1. The van der Waals surface area contributed by atoms with Crippen molar-refractivity contribution >= 4 is 47.2 Å². The normalized spacial score (nSPS) is 17.5. The van der Waals surface area contributed by atoms with Crippen molar-refractivity contribution < 1.29 is 4.79 Å². The van der Waals surface area contributed by atoms with Gasteiger partial charge in [0.1, 0.15) is 0 Å². The smallest absolute Gasteiger partial charge is 0.221 e. The van der Waals surface area contributed by atoms with E-state index in [0.29, 0.717) is 6.54 Å². The Labute approximate surface area is 213 Å². The molecule has 1 aliphatic heterocycles. The van der Waals surface area contributed by atoms with Gasteiger partial charge in [-0.1, -0.05) is 44.2 Å². The van der Waals surface area contributed by atoms with Crippen LogP contribution in [-0.2, 0) is 23.3 Å². The van der Waals surface area contributed by atoms with Crippen LogP contribution in [0.1, 0.15) is 42.7 Å². The Morgan fingerprint density at radius 1 is 1.25 bits per heavy atom. The van der Waals surface area contributed by atoms with Gasteiger partial charge in [-0.3, -0.25) is 14.7 Å². The van der Waals surface area contributed by atoms with Gasteiger partial charge in [0.2, 0.25) is 5.91 Å². The standard InChI is InChI=1S/C24H35N5OS.HI/c1-24(2,21-10-6-12-31-21)17-28-23(26-3)27-14-18-7-4-8-19(13-18)15-29-11-5-9-20(16-29)22(25)30;/h4,6-8,10,12-13,20H,5,9,11,14-17H2,1-3H3,(H2,25,30)(H2,26,27,28);1H. The molecule has 2 heterocycles. The number of amides is 1. The van der Waals surface area contributed by atoms with Gasteiger partial charge in [-0.15, -0.1) is 35.3 Å². The van der Waals surface area contributed by atoms with E-state index >= 15 is 0 Å². The van der Waals surface area contributed by atoms with Gasteiger partial charge >= 0.3 is 0 Å². The molecule has 1 aromatic heterocycles. The summed E-state index contributed by atoms with van der Waals surface area (Å²) in [5, 5.41) is 9.00. The lowest BCUT2D eigenvalue weighted by molar-refractivity contribution is -0.123. The van der Waals surface area contributed by atoms with Gasteiger partial charge < -0.3 is 16.4 Å². The van der Waals surface area contributed by atoms with E-state index in [4.69, 9.17) is 5.73 Å². The minimum Gasteiger partial charge on any atom is -0.369 e. The number of nitrogens with two attached hydrogens (primary N) is 1. The predicted molar refractivity (Wildman–Crippen MR) is 145 cm³/mol. The van der Waals surface area contributed by atoms with Crippen LogP contribution in [0.15, 0.2) is 46.8 Å². The lowest BCUT2D eigenvalue weighted by Crippen LogP contribution is -2.43. The van der Waals surface area contributed by atoms with Gasteiger partial charge in [-0.2, -0.15) is 0 Å². The number of rotatable bonds is 8. The van der Waals surface area contributed by atoms with Gasteiger partial charge in [0.15, 0.2) is 5.96 Å². The fourth-order valence-corrected chi connectivity index (χ4v) is 4.84. The van der Waals surface area contributed by atoms with E-state index < -0.39 is 0 Å². The van der Waals surface area contributed by atoms with Crippen molar-refractivity contribution in [1.82, 2.24) is 15.5 Å². The van der Waals surface area contributed by atoms with Gasteiger partial charge in [-0.05, 0) is 42.0 Å². The number of nitrogens with one attached hydrogen (secondary N) is 2. The Balaban J connectivity index is 0.00000363. The lowest BCUT2D eigenvalue weighted by atomic mass is 9.91. The zero-order chi connectivity index (χ0) is 22.3. The van der Waals surface area contributed by atoms with E-state index in [1.54, 1.807) is 18.4 Å². The van der Waals surface area contributed by atoms with Crippen molar-refractivity contribution in [3.8, 4) is 0 Å². The molecule has 3 rings (SSSR count). The van der Waals surface area contributed by atoms with Crippen LogP contribution in [0.5, 0.6) is 0 Å². The predicted octanol–water partition coefficient (Wildman–Crippen LogP) is 3.71. The third kappa shape index (κ3) is 7.74. The molecule has 1 atom stereocenters. The molecule has 176 valence electrons. The molecule has 1 aromatic carbocycles. The molecule has 6 nitrogen and oxygen atoms in total. The highest BCUT2D eigenvalue weighted by Gasteiger charge is 2.24. The second-order valence-corrected chi connectivity index (χ2v) is 9.88. The number of carbonyl (C=O) groups is 1. The summed E-state index contributed by atoms with van der Waals surface area (Å²) in [6.07, 6.45) is 1.93. The van der Waals surface area contributed by atoms with E-state index in [9.17, 15) is 4.79 Å². The minimum absolute atomic E-state index is 0. The Morgan fingerprint density at radius 2 is 2.03 bits per heavy atom. The highest BCUT2D eigenvalue weighted by molar-refractivity contribution is 14.0. The maximum atomic E-state index is 11.5. The number of primary amides is 1. The van der Waals surface area contributed by atoms with Crippen LogP contribution in [0.3, 0.4) is 0 Å². The van der Waals surface area contributed by atoms with Crippen LogP contribution in [0.2, 0.25) is 0 Å². The average molecular weight is 570 g/mol. The molecular formula is C24H36IN5OS. The van der Waals surface area contributed by atoms with Crippen LogP contribution in [0.25, 0.3) is 0 Å². The fraction of sp³-hybridized carbons (Fsp3) is 0.500. The molecule has 0 bridgehead atoms. The number of carbonyl (C=O) groups excluding carboxylic acids is 1. The molecule has 32 heavy (non-hydrogen) atoms. The van der Waals surface area contributed by atoms with Crippen LogP contribution in [0.4, 0.5) is 0 Å². The summed E-state index contributed by atoms with van der Waals surface area (Å²) in [4.78, 5) is 19.6. The van der Waals surface area contributed by atoms with Gasteiger partial charge in [-0.25, -0.2) is 0 Å². The van der Waals surface area contributed by atoms with Crippen LogP contribution >= 0.6 is 35.3 Å². The second-order valence-electron chi connectivity index (χ2n) is 8.94. The van der Waals surface area contributed by atoms with Crippen molar-refractivity contribution in [3.63, 3.8) is 0 Å². The molecule has 0 saturated carbocycles. The zero-order valence-electron chi connectivity index (χ0n) is 19.3. The number of nitrogens with zero attached hydrogens (tertiary/aromatic N) is 2. The van der Waals surface area contributed by atoms with Crippen LogP contribution in [-0.4, -0.2) is 43.4 Å². The van der Waals surface area contributed by atoms with Crippen molar-refractivity contribution in [2.75, 3.05) is 26.7 Å². The maximum absolute atomic E-state index is 11.5. The molecule has 4 N–H and O–H groups in total. The molecule has 0 radical (unpaired) electrons. The largest absolute Gasteiger partial charge is 0.369 e. The first-order valence-corrected chi connectivity index (χ1v) is 11.8. The summed E-state index contributed by atoms with van der Waals surface area (Å²) in [6.45, 7) is 8.62. The molecule has 0 aliphatic carbocycles. The quantitative estimate of drug-likeness (QED) is 0.257. The topological polar surface area (TPSA) is 82.8 Å². The maximum Gasteiger partial charge on any atom is 0.221 e. The number of hydrogen-bond acceptors (Lipinski definition) is 4. The van der Waals surface area contributed by atoms with Crippen LogP contribution < -0.4 is 16.4 Å². The first-order valence-electron chi connectivity index (χ1n) is 11.0. The number of hydrogen-bond donors (Lipinski definition) is 3. The second kappa shape index (κ2) is 12.6. The monoisotopic (exact) mass is 569 g/mol. The Hall–Kier alpha value is -1.65. The number of piperidine rings is 1. The SMILES string of the molecule is CN=C(NCc1cccc(CN2CCCC(C(N)=O)C2)c1)NCC(C)(C)c1cccs1.I. The van der Waals surface area contributed by atoms with Gasteiger partial charge in [0.05, 0.1) is 5.92 Å². The summed E-state index contributed by atoms with van der Waals surface area (Å²) in [7, 11) is 1.80. The number of halogens is 1. The Morgan fingerprint density at radius 3 is 2.72 bits per heavy atom. The van der Waals surface area contributed by atoms with Crippen molar-refractivity contribution in [1.29, 1.82) is 0 Å². The summed E-state index contributed by atoms with van der Waals surface area (Å²) >= 11 is 1.79. The molecule has 1 fully saturated rings. The Kier molecular flexibility index (Phi) is 10.4. The molecule has 1 saturated heterocycles. The van der Waals surface area contributed by atoms with Crippen molar-refractivity contribution in [3.05, 3.63) is 57.8 Å². The van der Waals surface area contributed by atoms with E-state index in [-0.39, 0.29) is 41.2 Å². The molecule has 8 heteroatoms. The fourth-order valence-electron chi connectivity index (χ4n) is 3.99. The molecule has 1 unspecified atom stereocenters. The van der Waals surface area contributed by atoms with E-state index in [1.807, 2.05) is 0 Å². The molecule has 1 amide bonds.